The highest BCUT2D eigenvalue weighted by Crippen LogP contribution is 2.72. The third-order valence-electron chi connectivity index (χ3n) is 6.29. The lowest BCUT2D eigenvalue weighted by Gasteiger charge is -2.30. The number of rotatable bonds is 2. The van der Waals surface area contributed by atoms with Gasteiger partial charge in [-0.2, -0.15) is 4.98 Å². The van der Waals surface area contributed by atoms with Gasteiger partial charge in [-0.15, -0.1) is 0 Å². The molecular weight excluding hydrogens is 252 g/mol. The van der Waals surface area contributed by atoms with Crippen LogP contribution in [0.25, 0.3) is 0 Å². The fourth-order valence-corrected chi connectivity index (χ4v) is 5.27. The summed E-state index contributed by atoms with van der Waals surface area (Å²) in [4.78, 5) is 7.09. The highest BCUT2D eigenvalue weighted by atomic mass is 16.5. The second-order valence-corrected chi connectivity index (χ2v) is 7.21. The summed E-state index contributed by atoms with van der Waals surface area (Å²) in [6.07, 6.45) is 4.36. The normalized spacial score (nSPS) is 46.6. The van der Waals surface area contributed by atoms with Crippen LogP contribution in [-0.4, -0.2) is 41.7 Å². The van der Waals surface area contributed by atoms with Gasteiger partial charge in [0.05, 0.1) is 6.04 Å². The van der Waals surface area contributed by atoms with Gasteiger partial charge in [-0.1, -0.05) is 5.16 Å². The highest BCUT2D eigenvalue weighted by Gasteiger charge is 2.67. The Hall–Kier alpha value is -0.940. The van der Waals surface area contributed by atoms with Crippen LogP contribution in [0, 0.1) is 23.7 Å². The van der Waals surface area contributed by atoms with Crippen LogP contribution in [0.15, 0.2) is 4.52 Å². The molecule has 3 aliphatic carbocycles. The van der Waals surface area contributed by atoms with Gasteiger partial charge in [-0.25, -0.2) is 0 Å². The maximum absolute atomic E-state index is 5.64. The zero-order valence-electron chi connectivity index (χ0n) is 12.0. The van der Waals surface area contributed by atoms with Crippen LogP contribution in [0.1, 0.15) is 42.9 Å². The van der Waals surface area contributed by atoms with Gasteiger partial charge >= 0.3 is 0 Å². The third-order valence-corrected chi connectivity index (χ3v) is 6.29. The van der Waals surface area contributed by atoms with Crippen molar-refractivity contribution in [1.82, 2.24) is 20.4 Å². The summed E-state index contributed by atoms with van der Waals surface area (Å²) < 4.78 is 5.64. The van der Waals surface area contributed by atoms with Gasteiger partial charge in [0.15, 0.2) is 5.82 Å². The number of aromatic nitrogens is 2. The molecule has 108 valence electrons. The molecule has 3 saturated carbocycles. The molecule has 1 aliphatic heterocycles. The van der Waals surface area contributed by atoms with Gasteiger partial charge in [-0.3, -0.25) is 4.90 Å². The van der Waals surface area contributed by atoms with Crippen molar-refractivity contribution in [3.05, 3.63) is 11.7 Å². The molecule has 20 heavy (non-hydrogen) atoms. The van der Waals surface area contributed by atoms with Gasteiger partial charge in [0, 0.05) is 25.6 Å². The van der Waals surface area contributed by atoms with E-state index in [0.29, 0.717) is 5.92 Å². The Bertz CT molecular complexity index is 514. The topological polar surface area (TPSA) is 54.2 Å². The van der Waals surface area contributed by atoms with E-state index >= 15 is 0 Å². The minimum atomic E-state index is 0.275. The summed E-state index contributed by atoms with van der Waals surface area (Å²) in [7, 11) is 2.15. The Kier molecular flexibility index (Phi) is 2.36. The summed E-state index contributed by atoms with van der Waals surface area (Å²) in [5.74, 6) is 6.10. The lowest BCUT2D eigenvalue weighted by atomic mass is 10.0. The van der Waals surface area contributed by atoms with Gasteiger partial charge < -0.3 is 9.84 Å². The fraction of sp³-hybridized carbons (Fsp3) is 0.867. The molecule has 0 radical (unpaired) electrons. The third kappa shape index (κ3) is 1.51. The van der Waals surface area contributed by atoms with Gasteiger partial charge in [0.1, 0.15) is 0 Å². The first kappa shape index (κ1) is 11.7. The van der Waals surface area contributed by atoms with Gasteiger partial charge in [0.25, 0.3) is 0 Å². The van der Waals surface area contributed by atoms with E-state index in [0.717, 1.165) is 55.0 Å². The molecule has 4 aliphatic rings. The lowest BCUT2D eigenvalue weighted by molar-refractivity contribution is 0.190. The largest absolute Gasteiger partial charge is 0.339 e. The Morgan fingerprint density at radius 2 is 2.05 bits per heavy atom. The number of nitrogens with one attached hydrogen (secondary N) is 1. The predicted octanol–water partition coefficient (Wildman–Crippen LogP) is 1.41. The van der Waals surface area contributed by atoms with Crippen molar-refractivity contribution in [2.45, 2.75) is 31.2 Å². The standard InChI is InChI=1S/C15H22N4O/c1-19-5-4-16-7-10(19)14-17-15(20-18-14)13-11-8-2-3-9(6-8)12(11)13/h8-13,16H,2-7H2,1H3. The average molecular weight is 274 g/mol. The van der Waals surface area contributed by atoms with Crippen LogP contribution >= 0.6 is 0 Å². The molecule has 0 amide bonds. The van der Waals surface area contributed by atoms with E-state index in [4.69, 9.17) is 9.51 Å². The van der Waals surface area contributed by atoms with Crippen LogP contribution in [-0.2, 0) is 0 Å². The Morgan fingerprint density at radius 1 is 1.25 bits per heavy atom. The predicted molar refractivity (Wildman–Crippen MR) is 73.1 cm³/mol. The van der Waals surface area contributed by atoms with Crippen molar-refractivity contribution in [2.24, 2.45) is 23.7 Å². The van der Waals surface area contributed by atoms with E-state index in [1.54, 1.807) is 0 Å². The van der Waals surface area contributed by atoms with E-state index in [9.17, 15) is 0 Å². The molecule has 0 aromatic carbocycles. The Labute approximate surface area is 119 Å². The average Bonchev–Trinajstić information content (AvgIpc) is 2.88. The minimum Gasteiger partial charge on any atom is -0.339 e. The first-order valence-corrected chi connectivity index (χ1v) is 8.07. The number of hydrogen-bond acceptors (Lipinski definition) is 5. The van der Waals surface area contributed by atoms with Crippen LogP contribution < -0.4 is 5.32 Å². The van der Waals surface area contributed by atoms with Gasteiger partial charge in [0.2, 0.25) is 5.89 Å². The van der Waals surface area contributed by atoms with Crippen molar-refractivity contribution in [1.29, 1.82) is 0 Å². The molecule has 5 rings (SSSR count). The van der Waals surface area contributed by atoms with E-state index in [1.807, 2.05) is 0 Å². The molecular formula is C15H22N4O. The van der Waals surface area contributed by atoms with Crippen LogP contribution in [0.2, 0.25) is 0 Å². The molecule has 1 aromatic heterocycles. The van der Waals surface area contributed by atoms with E-state index in [1.165, 1.54) is 19.3 Å². The van der Waals surface area contributed by atoms with Crippen molar-refractivity contribution in [2.75, 3.05) is 26.7 Å². The number of likely N-dealkylation sites (N-methyl/N-ethyl adjacent to an activating group) is 1. The molecule has 5 heteroatoms. The first-order chi connectivity index (χ1) is 9.83. The smallest absolute Gasteiger partial charge is 0.230 e. The number of nitrogens with zero attached hydrogens (tertiary/aromatic N) is 3. The molecule has 1 saturated heterocycles. The molecule has 1 N–H and O–H groups in total. The van der Waals surface area contributed by atoms with Crippen LogP contribution in [0.4, 0.5) is 0 Å². The minimum absolute atomic E-state index is 0.275. The Balaban J connectivity index is 1.37. The summed E-state index contributed by atoms with van der Waals surface area (Å²) in [6, 6.07) is 0.275. The fourth-order valence-electron chi connectivity index (χ4n) is 5.27. The quantitative estimate of drug-likeness (QED) is 0.883. The summed E-state index contributed by atoms with van der Waals surface area (Å²) in [5, 5.41) is 7.70. The second kappa shape index (κ2) is 4.04. The molecule has 4 fully saturated rings. The molecule has 2 bridgehead atoms. The zero-order chi connectivity index (χ0) is 13.3. The van der Waals surface area contributed by atoms with Gasteiger partial charge in [-0.05, 0) is 50.0 Å². The number of piperazine rings is 1. The summed E-state index contributed by atoms with van der Waals surface area (Å²) >= 11 is 0. The SMILES string of the molecule is CN1CCNCC1c1noc(C2C3C4CCC(C4)C23)n1. The zero-order valence-corrected chi connectivity index (χ0v) is 12.0. The van der Waals surface area contributed by atoms with Crippen molar-refractivity contribution in [3.8, 4) is 0 Å². The molecule has 2 heterocycles. The monoisotopic (exact) mass is 274 g/mol. The first-order valence-electron chi connectivity index (χ1n) is 8.07. The molecule has 0 spiro atoms. The number of fused-ring (bicyclic) bond motifs is 5. The van der Waals surface area contributed by atoms with Crippen molar-refractivity contribution < 1.29 is 4.52 Å². The maximum atomic E-state index is 5.64. The molecule has 5 unspecified atom stereocenters. The summed E-state index contributed by atoms with van der Waals surface area (Å²) in [5.41, 5.74) is 0. The molecule has 1 aromatic rings. The Morgan fingerprint density at radius 3 is 2.80 bits per heavy atom. The second-order valence-electron chi connectivity index (χ2n) is 7.21. The van der Waals surface area contributed by atoms with Crippen molar-refractivity contribution >= 4 is 0 Å². The van der Waals surface area contributed by atoms with E-state index < -0.39 is 0 Å². The van der Waals surface area contributed by atoms with E-state index in [-0.39, 0.29) is 6.04 Å². The molecule has 5 atom stereocenters. The maximum Gasteiger partial charge on any atom is 0.230 e. The summed E-state index contributed by atoms with van der Waals surface area (Å²) in [6.45, 7) is 3.03. The highest BCUT2D eigenvalue weighted by molar-refractivity contribution is 5.23. The van der Waals surface area contributed by atoms with Crippen LogP contribution in [0.3, 0.4) is 0 Å². The lowest BCUT2D eigenvalue weighted by Crippen LogP contribution is -2.44. The number of hydrogen-bond donors (Lipinski definition) is 1. The molecule has 5 nitrogen and oxygen atoms in total. The van der Waals surface area contributed by atoms with Crippen molar-refractivity contribution in [3.63, 3.8) is 0 Å². The van der Waals surface area contributed by atoms with Crippen LogP contribution in [0.5, 0.6) is 0 Å². The van der Waals surface area contributed by atoms with E-state index in [2.05, 4.69) is 22.4 Å².